The molecule has 0 spiro atoms. The van der Waals surface area contributed by atoms with Crippen LogP contribution in [0.15, 0.2) is 11.6 Å². The van der Waals surface area contributed by atoms with E-state index in [0.717, 1.165) is 12.8 Å². The highest BCUT2D eigenvalue weighted by molar-refractivity contribution is 5.26. The molecular weight excluding hydrogens is 212 g/mol. The van der Waals surface area contributed by atoms with Gasteiger partial charge in [-0.05, 0) is 41.6 Å². The third-order valence-electron chi connectivity index (χ3n) is 5.33. The summed E-state index contributed by atoms with van der Waals surface area (Å²) in [6.07, 6.45) is 4.15. The van der Waals surface area contributed by atoms with Crippen LogP contribution < -0.4 is 0 Å². The van der Waals surface area contributed by atoms with Gasteiger partial charge in [0.05, 0.1) is 12.2 Å². The van der Waals surface area contributed by atoms with Gasteiger partial charge in [-0.15, -0.1) is 0 Å². The highest BCUT2D eigenvalue weighted by atomic mass is 16.3. The molecule has 2 N–H and O–H groups in total. The Labute approximate surface area is 105 Å². The molecule has 0 heterocycles. The average Bonchev–Trinajstić information content (AvgIpc) is 2.25. The molecule has 0 radical (unpaired) electrons. The fraction of sp³-hybridized carbons (Fsp3) is 0.867. The van der Waals surface area contributed by atoms with E-state index in [2.05, 4.69) is 33.8 Å². The standard InChI is InChI=1S/C15H26O2/c1-9(2)11-5-6-12-14(17)7-13(16)10(3)15(12,4)8-11/h6,9-11,13-14,16-17H,5,7-8H2,1-4H3/t10-,11-,13-,14-,15-/m1/s1. The van der Waals surface area contributed by atoms with E-state index < -0.39 is 6.10 Å². The quantitative estimate of drug-likeness (QED) is 0.690. The summed E-state index contributed by atoms with van der Waals surface area (Å²) in [6, 6.07) is 0. The lowest BCUT2D eigenvalue weighted by molar-refractivity contribution is -0.0397. The van der Waals surface area contributed by atoms with Crippen molar-refractivity contribution in [1.29, 1.82) is 0 Å². The van der Waals surface area contributed by atoms with Crippen LogP contribution in [-0.4, -0.2) is 22.4 Å². The lowest BCUT2D eigenvalue weighted by Crippen LogP contribution is -2.48. The van der Waals surface area contributed by atoms with Crippen LogP contribution in [0, 0.1) is 23.2 Å². The van der Waals surface area contributed by atoms with Crippen LogP contribution in [0.2, 0.25) is 0 Å². The van der Waals surface area contributed by atoms with Gasteiger partial charge in [0.1, 0.15) is 0 Å². The van der Waals surface area contributed by atoms with Gasteiger partial charge in [0, 0.05) is 6.42 Å². The normalized spacial score (nSPS) is 46.6. The summed E-state index contributed by atoms with van der Waals surface area (Å²) in [4.78, 5) is 0. The van der Waals surface area contributed by atoms with E-state index in [1.54, 1.807) is 0 Å². The molecule has 2 aliphatic carbocycles. The van der Waals surface area contributed by atoms with Gasteiger partial charge in [-0.1, -0.05) is 33.8 Å². The lowest BCUT2D eigenvalue weighted by Gasteiger charge is -2.51. The van der Waals surface area contributed by atoms with Gasteiger partial charge in [0.15, 0.2) is 0 Å². The summed E-state index contributed by atoms with van der Waals surface area (Å²) in [5.74, 6) is 1.61. The summed E-state index contributed by atoms with van der Waals surface area (Å²) in [5, 5.41) is 20.2. The second kappa shape index (κ2) is 4.40. The molecule has 98 valence electrons. The zero-order valence-corrected chi connectivity index (χ0v) is 11.5. The Kier molecular flexibility index (Phi) is 3.39. The molecule has 2 aliphatic rings. The highest BCUT2D eigenvalue weighted by Crippen LogP contribution is 2.53. The number of fused-ring (bicyclic) bond motifs is 1. The van der Waals surface area contributed by atoms with Crippen molar-refractivity contribution in [2.75, 3.05) is 0 Å². The Morgan fingerprint density at radius 2 is 2.00 bits per heavy atom. The first-order chi connectivity index (χ1) is 7.86. The molecule has 0 unspecified atom stereocenters. The topological polar surface area (TPSA) is 40.5 Å². The van der Waals surface area contributed by atoms with E-state index in [1.165, 1.54) is 5.57 Å². The van der Waals surface area contributed by atoms with E-state index in [9.17, 15) is 10.2 Å². The number of hydrogen-bond donors (Lipinski definition) is 2. The third-order valence-corrected chi connectivity index (χ3v) is 5.33. The first kappa shape index (κ1) is 13.1. The van der Waals surface area contributed by atoms with Crippen molar-refractivity contribution < 1.29 is 10.2 Å². The molecule has 5 atom stereocenters. The number of hydrogen-bond acceptors (Lipinski definition) is 2. The number of rotatable bonds is 1. The molecule has 17 heavy (non-hydrogen) atoms. The van der Waals surface area contributed by atoms with E-state index in [1.807, 2.05) is 0 Å². The monoisotopic (exact) mass is 238 g/mol. The van der Waals surface area contributed by atoms with Crippen molar-refractivity contribution in [1.82, 2.24) is 0 Å². The molecule has 0 amide bonds. The van der Waals surface area contributed by atoms with Crippen molar-refractivity contribution in [2.45, 2.75) is 59.2 Å². The molecule has 0 aromatic rings. The molecule has 0 saturated heterocycles. The van der Waals surface area contributed by atoms with Gasteiger partial charge in [-0.25, -0.2) is 0 Å². The molecule has 1 saturated carbocycles. The summed E-state index contributed by atoms with van der Waals surface area (Å²) < 4.78 is 0. The Morgan fingerprint density at radius 1 is 1.35 bits per heavy atom. The predicted molar refractivity (Wildman–Crippen MR) is 69.5 cm³/mol. The zero-order chi connectivity index (χ0) is 12.8. The van der Waals surface area contributed by atoms with Crippen molar-refractivity contribution in [3.05, 3.63) is 11.6 Å². The first-order valence-electron chi connectivity index (χ1n) is 6.93. The molecule has 2 heteroatoms. The van der Waals surface area contributed by atoms with Crippen LogP contribution in [0.3, 0.4) is 0 Å². The second-order valence-electron chi connectivity index (χ2n) is 6.63. The van der Waals surface area contributed by atoms with Gasteiger partial charge < -0.3 is 10.2 Å². The van der Waals surface area contributed by atoms with Gasteiger partial charge in [-0.3, -0.25) is 0 Å². The summed E-state index contributed by atoms with van der Waals surface area (Å²) in [7, 11) is 0. The maximum atomic E-state index is 10.2. The van der Waals surface area contributed by atoms with Gasteiger partial charge in [0.2, 0.25) is 0 Å². The highest BCUT2D eigenvalue weighted by Gasteiger charge is 2.48. The van der Waals surface area contributed by atoms with E-state index >= 15 is 0 Å². The van der Waals surface area contributed by atoms with Crippen LogP contribution in [0.25, 0.3) is 0 Å². The van der Waals surface area contributed by atoms with E-state index in [4.69, 9.17) is 0 Å². The fourth-order valence-electron chi connectivity index (χ4n) is 3.72. The van der Waals surface area contributed by atoms with Gasteiger partial charge in [0.25, 0.3) is 0 Å². The molecule has 2 nitrogen and oxygen atoms in total. The lowest BCUT2D eigenvalue weighted by atomic mass is 9.56. The smallest absolute Gasteiger partial charge is 0.0780 e. The van der Waals surface area contributed by atoms with Gasteiger partial charge >= 0.3 is 0 Å². The number of allylic oxidation sites excluding steroid dienone is 1. The van der Waals surface area contributed by atoms with Crippen molar-refractivity contribution in [3.8, 4) is 0 Å². The largest absolute Gasteiger partial charge is 0.393 e. The Morgan fingerprint density at radius 3 is 2.59 bits per heavy atom. The molecular formula is C15H26O2. The molecule has 0 aliphatic heterocycles. The van der Waals surface area contributed by atoms with Crippen LogP contribution in [0.4, 0.5) is 0 Å². The number of aliphatic hydroxyl groups excluding tert-OH is 2. The SMILES string of the molecule is CC(C)[C@@H]1CC=C2[C@H](O)C[C@@H](O)[C@@H](C)[C@@]2(C)C1. The summed E-state index contributed by atoms with van der Waals surface area (Å²) >= 11 is 0. The van der Waals surface area contributed by atoms with E-state index in [0.29, 0.717) is 18.3 Å². The van der Waals surface area contributed by atoms with E-state index in [-0.39, 0.29) is 17.4 Å². The minimum atomic E-state index is -0.431. The summed E-state index contributed by atoms with van der Waals surface area (Å²) in [5.41, 5.74) is 1.18. The molecule has 0 bridgehead atoms. The second-order valence-corrected chi connectivity index (χ2v) is 6.63. The molecule has 0 aromatic heterocycles. The average molecular weight is 238 g/mol. The zero-order valence-electron chi connectivity index (χ0n) is 11.5. The van der Waals surface area contributed by atoms with Crippen LogP contribution in [0.1, 0.15) is 47.0 Å². The Bertz CT molecular complexity index is 321. The Hall–Kier alpha value is -0.340. The first-order valence-corrected chi connectivity index (χ1v) is 6.93. The Balaban J connectivity index is 2.32. The van der Waals surface area contributed by atoms with Crippen LogP contribution >= 0.6 is 0 Å². The van der Waals surface area contributed by atoms with Crippen molar-refractivity contribution in [3.63, 3.8) is 0 Å². The molecule has 2 rings (SSSR count). The fourth-order valence-corrected chi connectivity index (χ4v) is 3.72. The van der Waals surface area contributed by atoms with Crippen LogP contribution in [-0.2, 0) is 0 Å². The minimum absolute atomic E-state index is 0.00965. The van der Waals surface area contributed by atoms with Crippen molar-refractivity contribution >= 4 is 0 Å². The predicted octanol–water partition coefficient (Wildman–Crippen LogP) is 2.75. The minimum Gasteiger partial charge on any atom is -0.393 e. The number of aliphatic hydroxyl groups is 2. The maximum absolute atomic E-state index is 10.2. The van der Waals surface area contributed by atoms with Crippen LogP contribution in [0.5, 0.6) is 0 Å². The maximum Gasteiger partial charge on any atom is 0.0780 e. The van der Waals surface area contributed by atoms with Crippen molar-refractivity contribution in [2.24, 2.45) is 23.2 Å². The molecule has 0 aromatic carbocycles. The summed E-state index contributed by atoms with van der Waals surface area (Å²) in [6.45, 7) is 8.90. The third kappa shape index (κ3) is 2.06. The molecule has 1 fully saturated rings. The van der Waals surface area contributed by atoms with Gasteiger partial charge in [-0.2, -0.15) is 0 Å².